The Morgan fingerprint density at radius 2 is 1.71 bits per heavy atom. The first-order valence-corrected chi connectivity index (χ1v) is 9.40. The number of rotatable bonds is 4. The number of nitrogens with zero attached hydrogens (tertiary/aromatic N) is 5. The molecule has 0 radical (unpaired) electrons. The Balaban J connectivity index is 1.56. The van der Waals surface area contributed by atoms with E-state index in [0.29, 0.717) is 27.4 Å². The van der Waals surface area contributed by atoms with Crippen molar-refractivity contribution >= 4 is 21.6 Å². The number of nitriles is 2. The maximum absolute atomic E-state index is 12.4. The lowest BCUT2D eigenvalue weighted by Crippen LogP contribution is -2.16. The van der Waals surface area contributed by atoms with Crippen molar-refractivity contribution in [1.82, 2.24) is 14.5 Å². The molecule has 0 bridgehead atoms. The number of benzene rings is 2. The number of ether oxygens (including phenoxy) is 2. The van der Waals surface area contributed by atoms with E-state index in [1.165, 1.54) is 22.8 Å². The molecular formula is C20H10F3N5O2S. The Morgan fingerprint density at radius 1 is 1.00 bits per heavy atom. The molecule has 0 aliphatic carbocycles. The van der Waals surface area contributed by atoms with Gasteiger partial charge in [0.1, 0.15) is 29.5 Å². The molecule has 7 nitrogen and oxygen atoms in total. The summed E-state index contributed by atoms with van der Waals surface area (Å²) in [6, 6.07) is 14.4. The number of fused-ring (bicyclic) bond motifs is 1. The smallest absolute Gasteiger partial charge is 0.431 e. The van der Waals surface area contributed by atoms with E-state index in [4.69, 9.17) is 10.00 Å². The van der Waals surface area contributed by atoms with Crippen LogP contribution in [0.4, 0.5) is 13.2 Å². The van der Waals surface area contributed by atoms with Crippen LogP contribution in [0.3, 0.4) is 0 Å². The van der Waals surface area contributed by atoms with Gasteiger partial charge in [0, 0.05) is 18.7 Å². The first kappa shape index (κ1) is 20.2. The normalized spacial score (nSPS) is 11.2. The zero-order chi connectivity index (χ0) is 22.2. The van der Waals surface area contributed by atoms with Gasteiger partial charge in [-0.15, -0.1) is 13.2 Å². The highest BCUT2D eigenvalue weighted by atomic mass is 32.1. The lowest BCUT2D eigenvalue weighted by Gasteiger charge is -2.07. The molecule has 0 spiro atoms. The second-order valence-electron chi connectivity index (χ2n) is 6.20. The summed E-state index contributed by atoms with van der Waals surface area (Å²) < 4.78 is 48.8. The Bertz CT molecular complexity index is 1360. The van der Waals surface area contributed by atoms with E-state index in [1.807, 2.05) is 12.1 Å². The Labute approximate surface area is 177 Å². The molecule has 11 heteroatoms. The molecule has 0 saturated heterocycles. The molecule has 2 aromatic heterocycles. The molecule has 154 valence electrons. The largest absolute Gasteiger partial charge is 0.573 e. The lowest BCUT2D eigenvalue weighted by atomic mass is 10.2. The number of aromatic nitrogens is 3. The monoisotopic (exact) mass is 441 g/mol. The average molecular weight is 441 g/mol. The van der Waals surface area contributed by atoms with Crippen molar-refractivity contribution in [3.05, 3.63) is 53.9 Å². The Kier molecular flexibility index (Phi) is 4.97. The second-order valence-corrected chi connectivity index (χ2v) is 7.19. The third-order valence-electron chi connectivity index (χ3n) is 4.20. The minimum atomic E-state index is -4.77. The van der Waals surface area contributed by atoms with Gasteiger partial charge < -0.3 is 14.0 Å². The summed E-state index contributed by atoms with van der Waals surface area (Å²) in [5.41, 5.74) is 1.36. The van der Waals surface area contributed by atoms with E-state index in [1.54, 1.807) is 31.3 Å². The highest BCUT2D eigenvalue weighted by Crippen LogP contribution is 2.35. The van der Waals surface area contributed by atoms with Gasteiger partial charge >= 0.3 is 6.36 Å². The predicted octanol–water partition coefficient (Wildman–Crippen LogP) is 5.13. The number of thiazole rings is 1. The SMILES string of the molecule is Cn1c(-c2ccc(Oc3nc4ccc(OC(F)(F)F)cc4s3)cc2)nc(C#N)c1C#N. The molecule has 0 fully saturated rings. The van der Waals surface area contributed by atoms with Crippen molar-refractivity contribution in [2.75, 3.05) is 0 Å². The summed E-state index contributed by atoms with van der Waals surface area (Å²) in [6.45, 7) is 0. The highest BCUT2D eigenvalue weighted by Gasteiger charge is 2.31. The maximum Gasteiger partial charge on any atom is 0.573 e. The van der Waals surface area contributed by atoms with E-state index in [2.05, 4.69) is 14.7 Å². The van der Waals surface area contributed by atoms with Crippen molar-refractivity contribution in [3.8, 4) is 40.2 Å². The van der Waals surface area contributed by atoms with Crippen molar-refractivity contribution in [1.29, 1.82) is 10.5 Å². The number of halogens is 3. The minimum absolute atomic E-state index is 0.0451. The van der Waals surface area contributed by atoms with Crippen molar-refractivity contribution in [3.63, 3.8) is 0 Å². The fourth-order valence-corrected chi connectivity index (χ4v) is 3.72. The van der Waals surface area contributed by atoms with E-state index < -0.39 is 6.36 Å². The fraction of sp³-hybridized carbons (Fsp3) is 0.100. The quantitative estimate of drug-likeness (QED) is 0.436. The Morgan fingerprint density at radius 3 is 2.32 bits per heavy atom. The summed E-state index contributed by atoms with van der Waals surface area (Å²) in [5.74, 6) is 0.574. The molecule has 0 amide bonds. The van der Waals surface area contributed by atoms with Crippen LogP contribution in [0.2, 0.25) is 0 Å². The van der Waals surface area contributed by atoms with Gasteiger partial charge in [-0.1, -0.05) is 11.3 Å². The molecular weight excluding hydrogens is 431 g/mol. The van der Waals surface area contributed by atoms with Crippen molar-refractivity contribution < 1.29 is 22.6 Å². The van der Waals surface area contributed by atoms with Crippen LogP contribution in [0.1, 0.15) is 11.4 Å². The third kappa shape index (κ3) is 4.13. The highest BCUT2D eigenvalue weighted by molar-refractivity contribution is 7.20. The molecule has 4 rings (SSSR count). The fourth-order valence-electron chi connectivity index (χ4n) is 2.86. The van der Waals surface area contributed by atoms with Crippen LogP contribution < -0.4 is 9.47 Å². The van der Waals surface area contributed by atoms with Crippen LogP contribution in [-0.4, -0.2) is 20.9 Å². The van der Waals surface area contributed by atoms with Gasteiger partial charge in [-0.2, -0.15) is 10.5 Å². The first-order chi connectivity index (χ1) is 14.8. The second kappa shape index (κ2) is 7.63. The summed E-state index contributed by atoms with van der Waals surface area (Å²) in [4.78, 5) is 8.43. The van der Waals surface area contributed by atoms with Gasteiger partial charge in [-0.3, -0.25) is 0 Å². The molecule has 4 aromatic rings. The first-order valence-electron chi connectivity index (χ1n) is 8.59. The molecule has 31 heavy (non-hydrogen) atoms. The average Bonchev–Trinajstić information content (AvgIpc) is 3.26. The maximum atomic E-state index is 12.4. The van der Waals surface area contributed by atoms with Gasteiger partial charge in [0.15, 0.2) is 11.4 Å². The molecule has 0 unspecified atom stereocenters. The molecule has 0 aliphatic rings. The van der Waals surface area contributed by atoms with Crippen LogP contribution in [0.5, 0.6) is 16.7 Å². The van der Waals surface area contributed by atoms with Crippen LogP contribution in [-0.2, 0) is 7.05 Å². The van der Waals surface area contributed by atoms with E-state index >= 15 is 0 Å². The van der Waals surface area contributed by atoms with Gasteiger partial charge in [0.2, 0.25) is 0 Å². The van der Waals surface area contributed by atoms with Crippen LogP contribution >= 0.6 is 11.3 Å². The molecule has 0 N–H and O–H groups in total. The van der Waals surface area contributed by atoms with Crippen molar-refractivity contribution in [2.45, 2.75) is 6.36 Å². The summed E-state index contributed by atoms with van der Waals surface area (Å²) in [5, 5.41) is 18.5. The van der Waals surface area contributed by atoms with Crippen LogP contribution in [0, 0.1) is 22.7 Å². The number of imidazole rings is 1. The molecule has 2 aromatic carbocycles. The molecule has 0 atom stereocenters. The number of hydrogen-bond acceptors (Lipinski definition) is 7. The van der Waals surface area contributed by atoms with Gasteiger partial charge in [-0.05, 0) is 36.4 Å². The van der Waals surface area contributed by atoms with E-state index in [9.17, 15) is 18.4 Å². The van der Waals surface area contributed by atoms with Crippen LogP contribution in [0.15, 0.2) is 42.5 Å². The predicted molar refractivity (Wildman–Crippen MR) is 104 cm³/mol. The van der Waals surface area contributed by atoms with Gasteiger partial charge in [0.25, 0.3) is 5.19 Å². The number of hydrogen-bond donors (Lipinski definition) is 0. The lowest BCUT2D eigenvalue weighted by molar-refractivity contribution is -0.274. The van der Waals surface area contributed by atoms with E-state index in [-0.39, 0.29) is 22.3 Å². The molecule has 0 saturated carbocycles. The van der Waals surface area contributed by atoms with Crippen molar-refractivity contribution in [2.24, 2.45) is 7.05 Å². The zero-order valence-corrected chi connectivity index (χ0v) is 16.5. The zero-order valence-electron chi connectivity index (χ0n) is 15.6. The van der Waals surface area contributed by atoms with Crippen LogP contribution in [0.25, 0.3) is 21.6 Å². The third-order valence-corrected chi connectivity index (χ3v) is 5.09. The Hall–Kier alpha value is -4.09. The van der Waals surface area contributed by atoms with Gasteiger partial charge in [-0.25, -0.2) is 9.97 Å². The molecule has 2 heterocycles. The standard InChI is InChI=1S/C20H10F3N5O2S/c1-28-16(10-25)15(9-24)26-18(28)11-2-4-12(5-3-11)29-19-27-14-7-6-13(8-17(14)31-19)30-20(21,22)23/h2-8H,1H3. The summed E-state index contributed by atoms with van der Waals surface area (Å²) in [6.07, 6.45) is -4.77. The summed E-state index contributed by atoms with van der Waals surface area (Å²) >= 11 is 1.08. The minimum Gasteiger partial charge on any atom is -0.431 e. The summed E-state index contributed by atoms with van der Waals surface area (Å²) in [7, 11) is 1.64. The van der Waals surface area contributed by atoms with E-state index in [0.717, 1.165) is 11.3 Å². The molecule has 0 aliphatic heterocycles. The number of alkyl halides is 3. The topological polar surface area (TPSA) is 96.8 Å². The van der Waals surface area contributed by atoms with Gasteiger partial charge in [0.05, 0.1) is 10.2 Å².